The summed E-state index contributed by atoms with van der Waals surface area (Å²) in [5, 5.41) is 15.2. The van der Waals surface area contributed by atoms with Crippen LogP contribution < -0.4 is 10.6 Å². The molecule has 1 aliphatic heterocycles. The lowest BCUT2D eigenvalue weighted by Gasteiger charge is -2.39. The lowest BCUT2D eigenvalue weighted by atomic mass is 9.76. The third kappa shape index (κ3) is 2.18. The zero-order valence-corrected chi connectivity index (χ0v) is 11.2. The van der Waals surface area contributed by atoms with Crippen LogP contribution in [0.3, 0.4) is 0 Å². The first-order valence-electron chi connectivity index (χ1n) is 6.96. The summed E-state index contributed by atoms with van der Waals surface area (Å²) in [4.78, 5) is 23.6. The maximum absolute atomic E-state index is 12.3. The maximum Gasteiger partial charge on any atom is 0.329 e. The van der Waals surface area contributed by atoms with E-state index in [9.17, 15) is 14.7 Å². The highest BCUT2D eigenvalue weighted by molar-refractivity contribution is 5.90. The van der Waals surface area contributed by atoms with Gasteiger partial charge >= 0.3 is 5.97 Å². The molecule has 1 amide bonds. The largest absolute Gasteiger partial charge is 0.480 e. The molecule has 1 aliphatic carbocycles. The SMILES string of the molecule is O=C(NC1(C(=O)O)CCC1)[C@@H]1Cc2ccccc2CN1. The standard InChI is InChI=1S/C15H18N2O3/c18-13(17-15(14(19)20)6-3-7-15)12-8-10-4-1-2-5-11(10)9-16-12/h1-2,4-5,12,16H,3,6-9H2,(H,17,18)(H,19,20)/t12-/m0/s1. The second kappa shape index (κ2) is 4.90. The molecule has 3 rings (SSSR count). The van der Waals surface area contributed by atoms with Gasteiger partial charge in [-0.2, -0.15) is 0 Å². The topological polar surface area (TPSA) is 78.4 Å². The summed E-state index contributed by atoms with van der Waals surface area (Å²) < 4.78 is 0. The Morgan fingerprint density at radius 3 is 2.55 bits per heavy atom. The van der Waals surface area contributed by atoms with Crippen molar-refractivity contribution in [3.05, 3.63) is 35.4 Å². The van der Waals surface area contributed by atoms with E-state index < -0.39 is 11.5 Å². The third-order valence-electron chi connectivity index (χ3n) is 4.38. The number of carboxylic acid groups (broad SMARTS) is 1. The minimum Gasteiger partial charge on any atom is -0.480 e. The smallest absolute Gasteiger partial charge is 0.329 e. The van der Waals surface area contributed by atoms with E-state index in [-0.39, 0.29) is 11.9 Å². The van der Waals surface area contributed by atoms with Crippen LogP contribution in [-0.4, -0.2) is 28.6 Å². The average Bonchev–Trinajstić information content (AvgIpc) is 2.41. The van der Waals surface area contributed by atoms with E-state index in [0.29, 0.717) is 25.8 Å². The lowest BCUT2D eigenvalue weighted by molar-refractivity contribution is -0.152. The molecule has 1 aromatic rings. The number of amides is 1. The Kier molecular flexibility index (Phi) is 3.22. The first-order chi connectivity index (χ1) is 9.61. The van der Waals surface area contributed by atoms with Crippen molar-refractivity contribution < 1.29 is 14.7 Å². The molecule has 5 nitrogen and oxygen atoms in total. The first kappa shape index (κ1) is 13.1. The average molecular weight is 274 g/mol. The summed E-state index contributed by atoms with van der Waals surface area (Å²) in [5.41, 5.74) is 1.33. The van der Waals surface area contributed by atoms with E-state index >= 15 is 0 Å². The zero-order valence-electron chi connectivity index (χ0n) is 11.2. The lowest BCUT2D eigenvalue weighted by Crippen LogP contribution is -2.62. The van der Waals surface area contributed by atoms with Crippen LogP contribution in [0.2, 0.25) is 0 Å². The van der Waals surface area contributed by atoms with Crippen molar-refractivity contribution in [2.24, 2.45) is 0 Å². The number of nitrogens with one attached hydrogen (secondary N) is 2. The summed E-state index contributed by atoms with van der Waals surface area (Å²) >= 11 is 0. The molecule has 5 heteroatoms. The van der Waals surface area contributed by atoms with Crippen molar-refractivity contribution >= 4 is 11.9 Å². The molecule has 1 atom stereocenters. The van der Waals surface area contributed by atoms with Crippen molar-refractivity contribution in [2.75, 3.05) is 0 Å². The van der Waals surface area contributed by atoms with Gasteiger partial charge in [0, 0.05) is 6.54 Å². The minimum atomic E-state index is -1.03. The summed E-state index contributed by atoms with van der Waals surface area (Å²) in [6.07, 6.45) is 2.51. The maximum atomic E-state index is 12.3. The van der Waals surface area contributed by atoms with Crippen LogP contribution >= 0.6 is 0 Å². The van der Waals surface area contributed by atoms with Crippen LogP contribution in [0.1, 0.15) is 30.4 Å². The Morgan fingerprint density at radius 1 is 1.25 bits per heavy atom. The molecule has 106 valence electrons. The number of carbonyl (C=O) groups is 2. The highest BCUT2D eigenvalue weighted by Gasteiger charge is 2.46. The second-order valence-corrected chi connectivity index (χ2v) is 5.64. The fraction of sp³-hybridized carbons (Fsp3) is 0.467. The van der Waals surface area contributed by atoms with Gasteiger partial charge in [-0.25, -0.2) is 4.79 Å². The highest BCUT2D eigenvalue weighted by atomic mass is 16.4. The minimum absolute atomic E-state index is 0.207. The van der Waals surface area contributed by atoms with Crippen LogP contribution in [0.15, 0.2) is 24.3 Å². The monoisotopic (exact) mass is 274 g/mol. The van der Waals surface area contributed by atoms with Gasteiger partial charge in [-0.15, -0.1) is 0 Å². The number of fused-ring (bicyclic) bond motifs is 1. The molecule has 0 radical (unpaired) electrons. The predicted octanol–water partition coefficient (Wildman–Crippen LogP) is 0.824. The number of hydrogen-bond donors (Lipinski definition) is 3. The van der Waals surface area contributed by atoms with Gasteiger partial charge in [0.2, 0.25) is 5.91 Å². The van der Waals surface area contributed by atoms with E-state index in [1.807, 2.05) is 24.3 Å². The van der Waals surface area contributed by atoms with Crippen molar-refractivity contribution in [1.29, 1.82) is 0 Å². The molecule has 0 saturated heterocycles. The van der Waals surface area contributed by atoms with Crippen molar-refractivity contribution in [3.63, 3.8) is 0 Å². The number of benzene rings is 1. The van der Waals surface area contributed by atoms with Crippen LogP contribution in [0.5, 0.6) is 0 Å². The Hall–Kier alpha value is -1.88. The summed E-state index contributed by atoms with van der Waals surface area (Å²) in [5.74, 6) is -1.13. The predicted molar refractivity (Wildman–Crippen MR) is 73.1 cm³/mol. The molecule has 20 heavy (non-hydrogen) atoms. The summed E-state index contributed by atoms with van der Waals surface area (Å²) in [6, 6.07) is 7.66. The molecular weight excluding hydrogens is 256 g/mol. The molecule has 1 aromatic carbocycles. The fourth-order valence-corrected chi connectivity index (χ4v) is 2.89. The Bertz CT molecular complexity index is 552. The van der Waals surface area contributed by atoms with Crippen LogP contribution in [0.4, 0.5) is 0 Å². The Balaban J connectivity index is 1.69. The third-order valence-corrected chi connectivity index (χ3v) is 4.38. The summed E-state index contributed by atoms with van der Waals surface area (Å²) in [6.45, 7) is 0.647. The second-order valence-electron chi connectivity index (χ2n) is 5.64. The van der Waals surface area contributed by atoms with Crippen LogP contribution in [0, 0.1) is 0 Å². The number of rotatable bonds is 3. The van der Waals surface area contributed by atoms with E-state index in [4.69, 9.17) is 0 Å². The molecular formula is C15H18N2O3. The van der Waals surface area contributed by atoms with Gasteiger partial charge in [-0.3, -0.25) is 4.79 Å². The molecule has 1 fully saturated rings. The van der Waals surface area contributed by atoms with E-state index in [1.165, 1.54) is 5.56 Å². The molecule has 0 aromatic heterocycles. The number of carbonyl (C=O) groups excluding carboxylic acids is 1. The highest BCUT2D eigenvalue weighted by Crippen LogP contribution is 2.32. The van der Waals surface area contributed by atoms with E-state index in [1.54, 1.807) is 0 Å². The zero-order chi connectivity index (χ0) is 14.2. The molecule has 0 spiro atoms. The summed E-state index contributed by atoms with van der Waals surface area (Å²) in [7, 11) is 0. The van der Waals surface area contributed by atoms with Gasteiger partial charge in [0.25, 0.3) is 0 Å². The Morgan fingerprint density at radius 2 is 1.95 bits per heavy atom. The van der Waals surface area contributed by atoms with Gasteiger partial charge < -0.3 is 15.7 Å². The molecule has 3 N–H and O–H groups in total. The quantitative estimate of drug-likeness (QED) is 0.762. The molecule has 1 saturated carbocycles. The number of aliphatic carboxylic acids is 1. The van der Waals surface area contributed by atoms with Gasteiger partial charge in [0.05, 0.1) is 6.04 Å². The van der Waals surface area contributed by atoms with Crippen molar-refractivity contribution in [2.45, 2.75) is 43.8 Å². The molecule has 2 aliphatic rings. The first-order valence-corrected chi connectivity index (χ1v) is 6.96. The van der Waals surface area contributed by atoms with Gasteiger partial charge in [-0.05, 0) is 36.8 Å². The Labute approximate surface area is 117 Å². The van der Waals surface area contributed by atoms with E-state index in [2.05, 4.69) is 10.6 Å². The van der Waals surface area contributed by atoms with Gasteiger partial charge in [-0.1, -0.05) is 24.3 Å². The van der Waals surface area contributed by atoms with Gasteiger partial charge in [0.1, 0.15) is 5.54 Å². The molecule has 0 bridgehead atoms. The fourth-order valence-electron chi connectivity index (χ4n) is 2.89. The van der Waals surface area contributed by atoms with Crippen LogP contribution in [-0.2, 0) is 22.6 Å². The number of hydrogen-bond acceptors (Lipinski definition) is 3. The normalized spacial score (nSPS) is 23.3. The van der Waals surface area contributed by atoms with E-state index in [0.717, 1.165) is 12.0 Å². The molecule has 0 unspecified atom stereocenters. The van der Waals surface area contributed by atoms with Crippen LogP contribution in [0.25, 0.3) is 0 Å². The van der Waals surface area contributed by atoms with Gasteiger partial charge in [0.15, 0.2) is 0 Å². The van der Waals surface area contributed by atoms with Crippen molar-refractivity contribution in [1.82, 2.24) is 10.6 Å². The van der Waals surface area contributed by atoms with Crippen molar-refractivity contribution in [3.8, 4) is 0 Å². The molecule has 1 heterocycles. The number of carboxylic acids is 1.